The second kappa shape index (κ2) is 7.04. The van der Waals surface area contributed by atoms with Crippen LogP contribution in [-0.4, -0.2) is 27.5 Å². The number of thioether (sulfide) groups is 1. The molecule has 1 saturated heterocycles. The first-order chi connectivity index (χ1) is 10.5. The summed E-state index contributed by atoms with van der Waals surface area (Å²) in [5.74, 6) is -0.316. The van der Waals surface area contributed by atoms with E-state index in [9.17, 15) is 19.7 Å². The van der Waals surface area contributed by atoms with Crippen LogP contribution in [-0.2, 0) is 4.79 Å². The largest absolute Gasteiger partial charge is 0.293 e. The van der Waals surface area contributed by atoms with Gasteiger partial charge in [0, 0.05) is 12.6 Å². The van der Waals surface area contributed by atoms with Gasteiger partial charge in [-0.05, 0) is 36.4 Å². The van der Waals surface area contributed by atoms with Crippen LogP contribution in [0, 0.1) is 10.1 Å². The summed E-state index contributed by atoms with van der Waals surface area (Å²) in [7, 11) is 0. The highest BCUT2D eigenvalue weighted by Crippen LogP contribution is 2.30. The monoisotopic (exact) mass is 318 g/mol. The second-order valence-electron chi connectivity index (χ2n) is 4.53. The number of carbonyl (C=O) groups is 2. The molecule has 6 nitrogen and oxygen atoms in total. The van der Waals surface area contributed by atoms with E-state index in [-0.39, 0.29) is 16.8 Å². The van der Waals surface area contributed by atoms with Gasteiger partial charge in [-0.25, -0.2) is 0 Å². The number of allylic oxidation sites excluding steroid dienone is 2. The van der Waals surface area contributed by atoms with Gasteiger partial charge in [-0.15, -0.1) is 0 Å². The lowest BCUT2D eigenvalue weighted by atomic mass is 10.1. The molecule has 0 N–H and O–H groups in total. The van der Waals surface area contributed by atoms with Crippen molar-refractivity contribution in [2.45, 2.75) is 13.3 Å². The molecule has 0 radical (unpaired) electrons. The SMILES string of the molecule is CCCN1C(=O)S/C(=C/C=C/c2ccccc2[N+](=O)[O-])C1=O. The molecular formula is C15H14N2O4S. The Hall–Kier alpha value is -2.41. The summed E-state index contributed by atoms with van der Waals surface area (Å²) in [5, 5.41) is 10.6. The molecule has 0 aromatic heterocycles. The smallest absolute Gasteiger partial charge is 0.268 e. The number of nitro benzene ring substituents is 1. The van der Waals surface area contributed by atoms with Crippen molar-refractivity contribution < 1.29 is 14.5 Å². The van der Waals surface area contributed by atoms with Crippen molar-refractivity contribution >= 4 is 34.7 Å². The Morgan fingerprint density at radius 1 is 1.32 bits per heavy atom. The maximum absolute atomic E-state index is 12.0. The highest BCUT2D eigenvalue weighted by atomic mass is 32.2. The van der Waals surface area contributed by atoms with Gasteiger partial charge in [-0.1, -0.05) is 25.1 Å². The summed E-state index contributed by atoms with van der Waals surface area (Å²) in [6, 6.07) is 6.31. The number of carbonyl (C=O) groups excluding carboxylic acids is 2. The van der Waals surface area contributed by atoms with Crippen molar-refractivity contribution in [3.05, 3.63) is 57.0 Å². The Morgan fingerprint density at radius 3 is 2.73 bits per heavy atom. The Labute approximate surface area is 131 Å². The lowest BCUT2D eigenvalue weighted by Gasteiger charge is -2.09. The van der Waals surface area contributed by atoms with Crippen LogP contribution in [0.25, 0.3) is 6.08 Å². The molecule has 2 amide bonds. The first-order valence-corrected chi connectivity index (χ1v) is 7.51. The molecule has 0 saturated carbocycles. The number of amides is 2. The summed E-state index contributed by atoms with van der Waals surface area (Å²) in [6.45, 7) is 2.29. The molecule has 1 aliphatic rings. The van der Waals surface area contributed by atoms with Gasteiger partial charge in [0.25, 0.3) is 16.8 Å². The zero-order valence-electron chi connectivity index (χ0n) is 11.9. The molecule has 0 unspecified atom stereocenters. The molecule has 114 valence electrons. The van der Waals surface area contributed by atoms with E-state index in [1.54, 1.807) is 30.4 Å². The fraction of sp³-hybridized carbons (Fsp3) is 0.200. The first kappa shape index (κ1) is 16.0. The van der Waals surface area contributed by atoms with Crippen LogP contribution in [0.15, 0.2) is 41.3 Å². The van der Waals surface area contributed by atoms with Gasteiger partial charge in [0.15, 0.2) is 0 Å². The number of nitro groups is 1. The number of imide groups is 1. The minimum Gasteiger partial charge on any atom is -0.268 e. The third kappa shape index (κ3) is 3.43. The molecule has 1 aromatic rings. The number of benzene rings is 1. The molecule has 0 spiro atoms. The third-order valence-corrected chi connectivity index (χ3v) is 3.90. The number of para-hydroxylation sites is 1. The average Bonchev–Trinajstić information content (AvgIpc) is 2.76. The van der Waals surface area contributed by atoms with Gasteiger partial charge in [0.05, 0.1) is 15.4 Å². The van der Waals surface area contributed by atoms with E-state index in [4.69, 9.17) is 0 Å². The van der Waals surface area contributed by atoms with Crippen LogP contribution >= 0.6 is 11.8 Å². The van der Waals surface area contributed by atoms with Crippen LogP contribution in [0.5, 0.6) is 0 Å². The average molecular weight is 318 g/mol. The molecule has 1 aromatic carbocycles. The van der Waals surface area contributed by atoms with Gasteiger partial charge in [0.1, 0.15) is 0 Å². The highest BCUT2D eigenvalue weighted by Gasteiger charge is 2.33. The zero-order chi connectivity index (χ0) is 16.1. The Kier molecular flexibility index (Phi) is 5.11. The topological polar surface area (TPSA) is 80.5 Å². The quantitative estimate of drug-likeness (QED) is 0.471. The molecular weight excluding hydrogens is 304 g/mol. The Morgan fingerprint density at radius 2 is 2.05 bits per heavy atom. The van der Waals surface area contributed by atoms with E-state index >= 15 is 0 Å². The Balaban J connectivity index is 2.17. The predicted octanol–water partition coefficient (Wildman–Crippen LogP) is 3.60. The van der Waals surface area contributed by atoms with E-state index in [0.29, 0.717) is 23.4 Å². The van der Waals surface area contributed by atoms with Crippen LogP contribution in [0.4, 0.5) is 10.5 Å². The minimum atomic E-state index is -0.463. The fourth-order valence-electron chi connectivity index (χ4n) is 1.96. The van der Waals surface area contributed by atoms with Crippen molar-refractivity contribution in [1.29, 1.82) is 0 Å². The Bertz CT molecular complexity index is 682. The number of hydrogen-bond acceptors (Lipinski definition) is 5. The summed E-state index contributed by atoms with van der Waals surface area (Å²) < 4.78 is 0. The van der Waals surface area contributed by atoms with Gasteiger partial charge in [0.2, 0.25) is 0 Å². The van der Waals surface area contributed by atoms with Gasteiger partial charge in [-0.3, -0.25) is 24.6 Å². The summed E-state index contributed by atoms with van der Waals surface area (Å²) in [6.07, 6.45) is 5.31. The van der Waals surface area contributed by atoms with Gasteiger partial charge < -0.3 is 0 Å². The van der Waals surface area contributed by atoms with E-state index < -0.39 is 4.92 Å². The van der Waals surface area contributed by atoms with Gasteiger partial charge >= 0.3 is 0 Å². The standard InChI is InChI=1S/C15H14N2O4S/c1-2-10-16-14(18)13(22-15(16)19)9-5-7-11-6-3-4-8-12(11)17(20)21/h3-9H,2,10H2,1H3/b7-5+,13-9+. The molecule has 1 heterocycles. The predicted molar refractivity (Wildman–Crippen MR) is 85.2 cm³/mol. The summed E-state index contributed by atoms with van der Waals surface area (Å²) in [5.41, 5.74) is 0.433. The van der Waals surface area contributed by atoms with Gasteiger partial charge in [-0.2, -0.15) is 0 Å². The lowest BCUT2D eigenvalue weighted by molar-refractivity contribution is -0.385. The zero-order valence-corrected chi connectivity index (χ0v) is 12.7. The van der Waals surface area contributed by atoms with Crippen molar-refractivity contribution in [3.8, 4) is 0 Å². The van der Waals surface area contributed by atoms with Crippen molar-refractivity contribution in [1.82, 2.24) is 4.90 Å². The van der Waals surface area contributed by atoms with Crippen molar-refractivity contribution in [2.75, 3.05) is 6.54 Å². The molecule has 0 atom stereocenters. The molecule has 2 rings (SSSR count). The third-order valence-electron chi connectivity index (χ3n) is 2.98. The normalized spacial score (nSPS) is 17.0. The van der Waals surface area contributed by atoms with Crippen LogP contribution in [0.2, 0.25) is 0 Å². The maximum Gasteiger partial charge on any atom is 0.293 e. The molecule has 7 heteroatoms. The lowest BCUT2D eigenvalue weighted by Crippen LogP contribution is -2.28. The number of hydrogen-bond donors (Lipinski definition) is 0. The first-order valence-electron chi connectivity index (χ1n) is 6.70. The number of nitrogens with zero attached hydrogens (tertiary/aromatic N) is 2. The second-order valence-corrected chi connectivity index (χ2v) is 5.52. The minimum absolute atomic E-state index is 0.00811. The maximum atomic E-state index is 12.0. The van der Waals surface area contributed by atoms with Crippen LogP contribution in [0.3, 0.4) is 0 Å². The number of rotatable bonds is 5. The molecule has 0 bridgehead atoms. The van der Waals surface area contributed by atoms with E-state index in [1.807, 2.05) is 6.92 Å². The molecule has 22 heavy (non-hydrogen) atoms. The van der Waals surface area contributed by atoms with E-state index in [1.165, 1.54) is 17.0 Å². The fourth-order valence-corrected chi connectivity index (χ4v) is 2.78. The molecule has 1 fully saturated rings. The highest BCUT2D eigenvalue weighted by molar-refractivity contribution is 8.18. The summed E-state index contributed by atoms with van der Waals surface area (Å²) >= 11 is 0.881. The van der Waals surface area contributed by atoms with E-state index in [2.05, 4.69) is 0 Å². The molecule has 1 aliphatic heterocycles. The van der Waals surface area contributed by atoms with Crippen molar-refractivity contribution in [3.63, 3.8) is 0 Å². The summed E-state index contributed by atoms with van der Waals surface area (Å²) in [4.78, 5) is 35.6. The van der Waals surface area contributed by atoms with Crippen LogP contribution < -0.4 is 0 Å². The van der Waals surface area contributed by atoms with E-state index in [0.717, 1.165) is 11.8 Å². The van der Waals surface area contributed by atoms with Crippen molar-refractivity contribution in [2.24, 2.45) is 0 Å². The molecule has 0 aliphatic carbocycles. The van der Waals surface area contributed by atoms with Crippen LogP contribution in [0.1, 0.15) is 18.9 Å².